The van der Waals surface area contributed by atoms with Gasteiger partial charge in [-0.25, -0.2) is 9.97 Å². The molecule has 5 heteroatoms. The number of rotatable bonds is 3. The molecule has 1 aromatic rings. The quantitative estimate of drug-likeness (QED) is 0.764. The lowest BCUT2D eigenvalue weighted by molar-refractivity contribution is -0.0121. The van der Waals surface area contributed by atoms with Crippen molar-refractivity contribution in [1.29, 1.82) is 0 Å². The Morgan fingerprint density at radius 3 is 3.12 bits per heavy atom. The van der Waals surface area contributed by atoms with Crippen LogP contribution in [0, 0.1) is 6.92 Å². The highest BCUT2D eigenvalue weighted by atomic mass is 35.5. The van der Waals surface area contributed by atoms with Gasteiger partial charge in [0.05, 0.1) is 6.10 Å². The molecule has 1 aromatic heterocycles. The van der Waals surface area contributed by atoms with Crippen molar-refractivity contribution in [2.24, 2.45) is 0 Å². The summed E-state index contributed by atoms with van der Waals surface area (Å²) in [4.78, 5) is 7.93. The summed E-state index contributed by atoms with van der Waals surface area (Å²) < 4.78 is 11.2. The lowest BCUT2D eigenvalue weighted by Crippen LogP contribution is -2.26. The van der Waals surface area contributed by atoms with Crippen molar-refractivity contribution in [2.75, 3.05) is 13.2 Å². The fourth-order valence-corrected chi connectivity index (χ4v) is 1.79. The van der Waals surface area contributed by atoms with Gasteiger partial charge in [-0.05, 0) is 26.2 Å². The van der Waals surface area contributed by atoms with E-state index in [0.29, 0.717) is 17.6 Å². The molecule has 0 aromatic carbocycles. The molecular weight excluding hydrogens is 228 g/mol. The van der Waals surface area contributed by atoms with E-state index in [1.54, 1.807) is 0 Å². The molecule has 1 fully saturated rings. The number of hydrogen-bond donors (Lipinski definition) is 0. The van der Waals surface area contributed by atoms with Gasteiger partial charge in [0.25, 0.3) is 0 Å². The number of aromatic nitrogens is 2. The van der Waals surface area contributed by atoms with Crippen LogP contribution in [0.4, 0.5) is 0 Å². The molecule has 0 radical (unpaired) electrons. The Hall–Kier alpha value is -0.870. The summed E-state index contributed by atoms with van der Waals surface area (Å²) in [6, 6.07) is 0. The van der Waals surface area contributed by atoms with Crippen LogP contribution < -0.4 is 4.74 Å². The predicted molar refractivity (Wildman–Crippen MR) is 60.9 cm³/mol. The molecule has 0 amide bonds. The van der Waals surface area contributed by atoms with Crippen molar-refractivity contribution >= 4 is 11.6 Å². The summed E-state index contributed by atoms with van der Waals surface area (Å²) in [6.07, 6.45) is 5.00. The first-order valence-electron chi connectivity index (χ1n) is 5.49. The Morgan fingerprint density at radius 2 is 2.38 bits per heavy atom. The molecule has 0 saturated carbocycles. The fourth-order valence-electron chi connectivity index (χ4n) is 1.67. The Kier molecular flexibility index (Phi) is 3.96. The normalized spacial score (nSPS) is 20.8. The van der Waals surface area contributed by atoms with E-state index >= 15 is 0 Å². The second-order valence-corrected chi connectivity index (χ2v) is 4.25. The van der Waals surface area contributed by atoms with E-state index in [2.05, 4.69) is 9.97 Å². The number of ether oxygens (including phenoxy) is 2. The van der Waals surface area contributed by atoms with Gasteiger partial charge in [-0.15, -0.1) is 0 Å². The maximum absolute atomic E-state index is 5.87. The number of nitrogens with zero attached hydrogens (tertiary/aromatic N) is 2. The van der Waals surface area contributed by atoms with Crippen LogP contribution in [-0.4, -0.2) is 29.3 Å². The van der Waals surface area contributed by atoms with Gasteiger partial charge < -0.3 is 9.47 Å². The minimum Gasteiger partial charge on any atom is -0.475 e. The third kappa shape index (κ3) is 2.83. The molecule has 1 unspecified atom stereocenters. The van der Waals surface area contributed by atoms with Crippen LogP contribution in [-0.2, 0) is 4.74 Å². The lowest BCUT2D eigenvalue weighted by Gasteiger charge is -2.22. The summed E-state index contributed by atoms with van der Waals surface area (Å²) >= 11 is 5.87. The molecule has 2 heterocycles. The highest BCUT2D eigenvalue weighted by molar-refractivity contribution is 6.30. The van der Waals surface area contributed by atoms with Gasteiger partial charge in [0.1, 0.15) is 18.1 Å². The zero-order valence-electron chi connectivity index (χ0n) is 9.28. The monoisotopic (exact) mass is 242 g/mol. The van der Waals surface area contributed by atoms with Crippen LogP contribution in [0.1, 0.15) is 24.8 Å². The average Bonchev–Trinajstić information content (AvgIpc) is 2.32. The summed E-state index contributed by atoms with van der Waals surface area (Å²) in [5.41, 5.74) is 0.778. The van der Waals surface area contributed by atoms with Crippen molar-refractivity contribution < 1.29 is 9.47 Å². The van der Waals surface area contributed by atoms with E-state index in [9.17, 15) is 0 Å². The summed E-state index contributed by atoms with van der Waals surface area (Å²) in [5, 5.41) is 0.439. The van der Waals surface area contributed by atoms with Crippen molar-refractivity contribution in [2.45, 2.75) is 32.3 Å². The van der Waals surface area contributed by atoms with Crippen molar-refractivity contribution in [3.63, 3.8) is 0 Å². The standard InChI is InChI=1S/C11H15ClN2O2/c1-8-10(12)13-7-14-11(8)16-6-9-4-2-3-5-15-9/h7,9H,2-6H2,1H3. The Morgan fingerprint density at radius 1 is 1.50 bits per heavy atom. The van der Waals surface area contributed by atoms with Gasteiger partial charge in [0.2, 0.25) is 5.88 Å². The Labute approximate surface area is 99.9 Å². The molecule has 0 bridgehead atoms. The fraction of sp³-hybridized carbons (Fsp3) is 0.636. The van der Waals surface area contributed by atoms with Gasteiger partial charge in [-0.2, -0.15) is 0 Å². The van der Waals surface area contributed by atoms with Crippen LogP contribution in [0.3, 0.4) is 0 Å². The maximum Gasteiger partial charge on any atom is 0.220 e. The van der Waals surface area contributed by atoms with E-state index in [-0.39, 0.29) is 6.10 Å². The zero-order chi connectivity index (χ0) is 11.4. The van der Waals surface area contributed by atoms with Gasteiger partial charge in [0, 0.05) is 12.2 Å². The van der Waals surface area contributed by atoms with Gasteiger partial charge in [-0.1, -0.05) is 11.6 Å². The third-order valence-corrected chi connectivity index (χ3v) is 3.04. The van der Waals surface area contributed by atoms with Crippen LogP contribution in [0.5, 0.6) is 5.88 Å². The average molecular weight is 243 g/mol. The molecule has 1 aliphatic rings. The topological polar surface area (TPSA) is 44.2 Å². The molecule has 88 valence electrons. The molecule has 4 nitrogen and oxygen atoms in total. The minimum atomic E-state index is 0.182. The van der Waals surface area contributed by atoms with Crippen LogP contribution >= 0.6 is 11.6 Å². The molecule has 0 spiro atoms. The lowest BCUT2D eigenvalue weighted by atomic mass is 10.1. The van der Waals surface area contributed by atoms with Crippen LogP contribution in [0.25, 0.3) is 0 Å². The first kappa shape index (κ1) is 11.6. The smallest absolute Gasteiger partial charge is 0.220 e. The number of halogens is 1. The van der Waals surface area contributed by atoms with E-state index in [1.165, 1.54) is 12.7 Å². The van der Waals surface area contributed by atoms with Crippen molar-refractivity contribution in [3.05, 3.63) is 17.0 Å². The second-order valence-electron chi connectivity index (χ2n) is 3.89. The Bertz CT molecular complexity index is 354. The van der Waals surface area contributed by atoms with E-state index < -0.39 is 0 Å². The van der Waals surface area contributed by atoms with E-state index in [0.717, 1.165) is 25.0 Å². The molecule has 0 N–H and O–H groups in total. The molecular formula is C11H15ClN2O2. The summed E-state index contributed by atoms with van der Waals surface area (Å²) in [6.45, 7) is 3.21. The zero-order valence-corrected chi connectivity index (χ0v) is 10.0. The van der Waals surface area contributed by atoms with Crippen LogP contribution in [0.2, 0.25) is 5.15 Å². The second kappa shape index (κ2) is 5.46. The highest BCUT2D eigenvalue weighted by Gasteiger charge is 2.15. The minimum absolute atomic E-state index is 0.182. The first-order valence-corrected chi connectivity index (χ1v) is 5.86. The van der Waals surface area contributed by atoms with Crippen LogP contribution in [0.15, 0.2) is 6.33 Å². The molecule has 1 aliphatic heterocycles. The molecule has 0 aliphatic carbocycles. The van der Waals surface area contributed by atoms with Gasteiger partial charge in [0.15, 0.2) is 0 Å². The van der Waals surface area contributed by atoms with E-state index in [1.807, 2.05) is 6.92 Å². The SMILES string of the molecule is Cc1c(Cl)ncnc1OCC1CCCCO1. The maximum atomic E-state index is 5.87. The summed E-state index contributed by atoms with van der Waals surface area (Å²) in [5.74, 6) is 0.550. The number of hydrogen-bond acceptors (Lipinski definition) is 4. The van der Waals surface area contributed by atoms with Crippen molar-refractivity contribution in [1.82, 2.24) is 9.97 Å². The molecule has 1 saturated heterocycles. The van der Waals surface area contributed by atoms with Gasteiger partial charge >= 0.3 is 0 Å². The highest BCUT2D eigenvalue weighted by Crippen LogP contribution is 2.21. The largest absolute Gasteiger partial charge is 0.475 e. The molecule has 1 atom stereocenters. The summed E-state index contributed by atoms with van der Waals surface area (Å²) in [7, 11) is 0. The molecule has 16 heavy (non-hydrogen) atoms. The third-order valence-electron chi connectivity index (χ3n) is 2.66. The van der Waals surface area contributed by atoms with Gasteiger partial charge in [-0.3, -0.25) is 0 Å². The molecule has 2 rings (SSSR count). The van der Waals surface area contributed by atoms with E-state index in [4.69, 9.17) is 21.1 Å². The predicted octanol–water partition coefficient (Wildman–Crippen LogP) is 2.39. The Balaban J connectivity index is 1.91. The first-order chi connectivity index (χ1) is 7.77. The van der Waals surface area contributed by atoms with Crippen molar-refractivity contribution in [3.8, 4) is 5.88 Å².